The Morgan fingerprint density at radius 1 is 1.40 bits per heavy atom. The topological polar surface area (TPSA) is 43.4 Å². The minimum atomic E-state index is -3.61. The zero-order chi connectivity index (χ0) is 11.6. The van der Waals surface area contributed by atoms with Crippen molar-refractivity contribution in [1.82, 2.24) is 0 Å². The van der Waals surface area contributed by atoms with Gasteiger partial charge in [-0.15, -0.1) is 0 Å². The van der Waals surface area contributed by atoms with Gasteiger partial charge in [-0.1, -0.05) is 12.1 Å². The molecule has 0 fully saturated rings. The summed E-state index contributed by atoms with van der Waals surface area (Å²) in [5.41, 5.74) is 1.59. The molecule has 0 saturated heterocycles. The van der Waals surface area contributed by atoms with Gasteiger partial charge in [-0.05, 0) is 25.5 Å². The lowest BCUT2D eigenvalue weighted by molar-refractivity contribution is 0.409. The molecule has 0 spiro atoms. The van der Waals surface area contributed by atoms with E-state index in [-0.39, 0.29) is 0 Å². The first-order chi connectivity index (χ1) is 6.86. The average molecular weight is 249 g/mol. The molecule has 0 amide bonds. The Morgan fingerprint density at radius 3 is 2.47 bits per heavy atom. The first kappa shape index (κ1) is 12.3. The number of hydrogen-bond acceptors (Lipinski definition) is 3. The van der Waals surface area contributed by atoms with Gasteiger partial charge in [0.15, 0.2) is 0 Å². The van der Waals surface area contributed by atoms with Crippen LogP contribution in [0, 0.1) is 6.92 Å². The molecule has 0 saturated carbocycles. The summed E-state index contributed by atoms with van der Waals surface area (Å²) in [6.45, 7) is 3.45. The van der Waals surface area contributed by atoms with Crippen LogP contribution in [0.15, 0.2) is 18.2 Å². The normalized spacial score (nSPS) is 13.6. The van der Waals surface area contributed by atoms with Crippen molar-refractivity contribution in [1.29, 1.82) is 0 Å². The SMILES string of the molecule is COc1cc(C)ccc1C(C)S(=O)(=O)Cl. The molecule has 0 aliphatic heterocycles. The second kappa shape index (κ2) is 4.41. The van der Waals surface area contributed by atoms with Crippen molar-refractivity contribution in [3.05, 3.63) is 29.3 Å². The molecular formula is C10H13ClO3S. The van der Waals surface area contributed by atoms with E-state index in [0.717, 1.165) is 5.56 Å². The van der Waals surface area contributed by atoms with E-state index >= 15 is 0 Å². The van der Waals surface area contributed by atoms with Gasteiger partial charge in [-0.3, -0.25) is 0 Å². The maximum Gasteiger partial charge on any atom is 0.239 e. The quantitative estimate of drug-likeness (QED) is 0.773. The van der Waals surface area contributed by atoms with Crippen molar-refractivity contribution in [2.24, 2.45) is 0 Å². The Kier molecular flexibility index (Phi) is 3.62. The molecular weight excluding hydrogens is 236 g/mol. The maximum absolute atomic E-state index is 11.2. The lowest BCUT2D eigenvalue weighted by atomic mass is 10.1. The molecule has 5 heteroatoms. The number of methoxy groups -OCH3 is 1. The van der Waals surface area contributed by atoms with E-state index in [1.165, 1.54) is 14.0 Å². The highest BCUT2D eigenvalue weighted by atomic mass is 35.7. The summed E-state index contributed by atoms with van der Waals surface area (Å²) in [5.74, 6) is 0.548. The highest BCUT2D eigenvalue weighted by Gasteiger charge is 2.22. The Bertz CT molecular complexity index is 454. The fourth-order valence-electron chi connectivity index (χ4n) is 1.31. The van der Waals surface area contributed by atoms with Crippen LogP contribution in [0.25, 0.3) is 0 Å². The average Bonchev–Trinajstić information content (AvgIpc) is 2.15. The minimum Gasteiger partial charge on any atom is -0.496 e. The minimum absolute atomic E-state index is 0.548. The van der Waals surface area contributed by atoms with Crippen LogP contribution in [-0.2, 0) is 9.05 Å². The van der Waals surface area contributed by atoms with Gasteiger partial charge >= 0.3 is 0 Å². The summed E-state index contributed by atoms with van der Waals surface area (Å²) >= 11 is 0. The molecule has 1 atom stereocenters. The third-order valence-electron chi connectivity index (χ3n) is 2.25. The summed E-state index contributed by atoms with van der Waals surface area (Å²) < 4.78 is 27.5. The highest BCUT2D eigenvalue weighted by molar-refractivity contribution is 8.13. The van der Waals surface area contributed by atoms with Crippen molar-refractivity contribution in [3.8, 4) is 5.75 Å². The molecule has 1 aromatic carbocycles. The largest absolute Gasteiger partial charge is 0.496 e. The molecule has 0 aliphatic rings. The summed E-state index contributed by atoms with van der Waals surface area (Å²) in [6, 6.07) is 5.34. The number of benzene rings is 1. The Labute approximate surface area is 94.4 Å². The van der Waals surface area contributed by atoms with Gasteiger partial charge in [0.25, 0.3) is 0 Å². The molecule has 3 nitrogen and oxygen atoms in total. The van der Waals surface area contributed by atoms with Gasteiger partial charge in [-0.2, -0.15) is 0 Å². The molecule has 1 unspecified atom stereocenters. The molecule has 0 aliphatic carbocycles. The van der Waals surface area contributed by atoms with Crippen molar-refractivity contribution >= 4 is 19.7 Å². The Hall–Kier alpha value is -0.740. The van der Waals surface area contributed by atoms with Crippen LogP contribution in [0.4, 0.5) is 0 Å². The van der Waals surface area contributed by atoms with E-state index < -0.39 is 14.3 Å². The molecule has 15 heavy (non-hydrogen) atoms. The number of hydrogen-bond donors (Lipinski definition) is 0. The van der Waals surface area contributed by atoms with Gasteiger partial charge < -0.3 is 4.74 Å². The van der Waals surface area contributed by atoms with Crippen LogP contribution >= 0.6 is 10.7 Å². The summed E-state index contributed by atoms with van der Waals surface area (Å²) in [6.07, 6.45) is 0. The molecule has 0 radical (unpaired) electrons. The lowest BCUT2D eigenvalue weighted by Crippen LogP contribution is -2.05. The third kappa shape index (κ3) is 2.86. The molecule has 0 N–H and O–H groups in total. The highest BCUT2D eigenvalue weighted by Crippen LogP contribution is 2.32. The van der Waals surface area contributed by atoms with Crippen LogP contribution in [0.5, 0.6) is 5.75 Å². The van der Waals surface area contributed by atoms with Gasteiger partial charge in [0.1, 0.15) is 11.0 Å². The fourth-order valence-corrected chi connectivity index (χ4v) is 2.09. The lowest BCUT2D eigenvalue weighted by Gasteiger charge is -2.13. The predicted molar refractivity (Wildman–Crippen MR) is 60.9 cm³/mol. The van der Waals surface area contributed by atoms with Gasteiger partial charge in [-0.25, -0.2) is 8.42 Å². The van der Waals surface area contributed by atoms with Crippen LogP contribution in [0.2, 0.25) is 0 Å². The Morgan fingerprint density at radius 2 is 2.00 bits per heavy atom. The van der Waals surface area contributed by atoms with Crippen molar-refractivity contribution < 1.29 is 13.2 Å². The zero-order valence-corrected chi connectivity index (χ0v) is 10.4. The third-order valence-corrected chi connectivity index (χ3v) is 4.15. The monoisotopic (exact) mass is 248 g/mol. The second-order valence-electron chi connectivity index (χ2n) is 3.36. The maximum atomic E-state index is 11.2. The predicted octanol–water partition coefficient (Wildman–Crippen LogP) is 2.63. The standard InChI is InChI=1S/C10H13ClO3S/c1-7-4-5-9(10(6-7)14-3)8(2)15(11,12)13/h4-6,8H,1-3H3. The molecule has 84 valence electrons. The van der Waals surface area contributed by atoms with E-state index in [1.54, 1.807) is 12.1 Å². The first-order valence-corrected chi connectivity index (χ1v) is 6.81. The number of rotatable bonds is 3. The molecule has 0 aromatic heterocycles. The van der Waals surface area contributed by atoms with E-state index in [0.29, 0.717) is 11.3 Å². The fraction of sp³-hybridized carbons (Fsp3) is 0.400. The van der Waals surface area contributed by atoms with E-state index in [2.05, 4.69) is 0 Å². The van der Waals surface area contributed by atoms with Crippen LogP contribution in [-0.4, -0.2) is 15.5 Å². The second-order valence-corrected chi connectivity index (χ2v) is 6.31. The summed E-state index contributed by atoms with van der Waals surface area (Å²) in [5, 5.41) is -0.769. The smallest absolute Gasteiger partial charge is 0.239 e. The molecule has 1 aromatic rings. The van der Waals surface area contributed by atoms with E-state index in [1.807, 2.05) is 13.0 Å². The zero-order valence-electron chi connectivity index (χ0n) is 8.82. The molecule has 0 heterocycles. The van der Waals surface area contributed by atoms with Gasteiger partial charge in [0.05, 0.1) is 7.11 Å². The number of aryl methyl sites for hydroxylation is 1. The Balaban J connectivity index is 3.26. The number of ether oxygens (including phenoxy) is 1. The number of halogens is 1. The van der Waals surface area contributed by atoms with Crippen LogP contribution < -0.4 is 4.74 Å². The summed E-state index contributed by atoms with van der Waals surface area (Å²) in [7, 11) is 3.20. The van der Waals surface area contributed by atoms with Crippen molar-refractivity contribution in [2.45, 2.75) is 19.1 Å². The van der Waals surface area contributed by atoms with E-state index in [4.69, 9.17) is 15.4 Å². The molecule has 1 rings (SSSR count). The van der Waals surface area contributed by atoms with Crippen LogP contribution in [0.1, 0.15) is 23.3 Å². The van der Waals surface area contributed by atoms with Crippen molar-refractivity contribution in [3.63, 3.8) is 0 Å². The van der Waals surface area contributed by atoms with Crippen LogP contribution in [0.3, 0.4) is 0 Å². The van der Waals surface area contributed by atoms with Gasteiger partial charge in [0.2, 0.25) is 9.05 Å². The van der Waals surface area contributed by atoms with Crippen molar-refractivity contribution in [2.75, 3.05) is 7.11 Å². The molecule has 0 bridgehead atoms. The first-order valence-electron chi connectivity index (χ1n) is 4.44. The van der Waals surface area contributed by atoms with E-state index in [9.17, 15) is 8.42 Å². The summed E-state index contributed by atoms with van der Waals surface area (Å²) in [4.78, 5) is 0. The van der Waals surface area contributed by atoms with Gasteiger partial charge in [0, 0.05) is 16.2 Å².